The standard InChI is InChI=1S/C28H38F3N7O3S/c1-16(2)42(39,40)26-23(15-38(5)36-26)33-25-21(28(29,30)31)14-32-27(35-25)34-22-12-17(3)20(13-24(22)41-19-6-7-19)18-8-10-37(4)11-9-18/h12-16,18-19,26,36H,6-11H2,1-5H3,(H2,32,33,34,35). The molecule has 1 aromatic heterocycles. The van der Waals surface area contributed by atoms with E-state index >= 15 is 0 Å². The Labute approximate surface area is 244 Å². The second-order valence-corrected chi connectivity index (χ2v) is 14.2. The number of ether oxygens (including phenoxy) is 1. The van der Waals surface area contributed by atoms with E-state index in [1.165, 1.54) is 30.6 Å². The molecule has 0 spiro atoms. The van der Waals surface area contributed by atoms with E-state index in [4.69, 9.17) is 4.74 Å². The van der Waals surface area contributed by atoms with Crippen molar-refractivity contribution < 1.29 is 26.3 Å². The Hall–Kier alpha value is -3.10. The maximum absolute atomic E-state index is 14.0. The molecular weight excluding hydrogens is 571 g/mol. The lowest BCUT2D eigenvalue weighted by atomic mass is 9.86. The summed E-state index contributed by atoms with van der Waals surface area (Å²) in [4.78, 5) is 10.5. The van der Waals surface area contributed by atoms with Gasteiger partial charge in [0.1, 0.15) is 17.1 Å². The minimum absolute atomic E-state index is 0.0254. The molecule has 230 valence electrons. The van der Waals surface area contributed by atoms with Crippen molar-refractivity contribution in [2.24, 2.45) is 0 Å². The van der Waals surface area contributed by atoms with Gasteiger partial charge in [-0.3, -0.25) is 0 Å². The molecule has 1 atom stereocenters. The molecule has 0 radical (unpaired) electrons. The number of benzene rings is 1. The molecule has 10 nitrogen and oxygen atoms in total. The van der Waals surface area contributed by atoms with E-state index in [1.54, 1.807) is 7.05 Å². The molecule has 1 aromatic carbocycles. The SMILES string of the molecule is Cc1cc(Nc2ncc(C(F)(F)F)c(NC3=CN(C)NC3S(=O)(=O)C(C)C)n2)c(OC2CC2)cc1C1CCN(C)CC1. The first-order valence-corrected chi connectivity index (χ1v) is 15.7. The molecule has 1 unspecified atom stereocenters. The zero-order valence-corrected chi connectivity index (χ0v) is 25.2. The summed E-state index contributed by atoms with van der Waals surface area (Å²) < 4.78 is 74.1. The van der Waals surface area contributed by atoms with Crippen LogP contribution in [0.5, 0.6) is 5.75 Å². The minimum atomic E-state index is -4.78. The molecule has 2 aliphatic heterocycles. The smallest absolute Gasteiger partial charge is 0.421 e. The quantitative estimate of drug-likeness (QED) is 0.368. The van der Waals surface area contributed by atoms with Crippen molar-refractivity contribution in [3.05, 3.63) is 46.9 Å². The first-order valence-electron chi connectivity index (χ1n) is 14.1. The lowest BCUT2D eigenvalue weighted by molar-refractivity contribution is -0.137. The summed E-state index contributed by atoms with van der Waals surface area (Å²) in [7, 11) is -0.0805. The van der Waals surface area contributed by atoms with Crippen molar-refractivity contribution in [2.45, 2.75) is 75.3 Å². The predicted molar refractivity (Wildman–Crippen MR) is 155 cm³/mol. The van der Waals surface area contributed by atoms with Crippen LogP contribution in [-0.4, -0.2) is 72.2 Å². The molecule has 5 rings (SSSR count). The zero-order valence-electron chi connectivity index (χ0n) is 24.4. The lowest BCUT2D eigenvalue weighted by Crippen LogP contribution is -2.43. The summed E-state index contributed by atoms with van der Waals surface area (Å²) in [5.74, 6) is 0.372. The number of sulfone groups is 1. The summed E-state index contributed by atoms with van der Waals surface area (Å²) >= 11 is 0. The number of piperidine rings is 1. The van der Waals surface area contributed by atoms with Gasteiger partial charge in [0.25, 0.3) is 0 Å². The Morgan fingerprint density at radius 3 is 2.40 bits per heavy atom. The molecule has 42 heavy (non-hydrogen) atoms. The first-order chi connectivity index (χ1) is 19.7. The van der Waals surface area contributed by atoms with E-state index in [9.17, 15) is 21.6 Å². The van der Waals surface area contributed by atoms with Gasteiger partial charge in [-0.1, -0.05) is 0 Å². The van der Waals surface area contributed by atoms with Crippen LogP contribution in [0, 0.1) is 6.92 Å². The Morgan fingerprint density at radius 2 is 1.79 bits per heavy atom. The Kier molecular flexibility index (Phi) is 8.33. The number of likely N-dealkylation sites (tertiary alicyclic amines) is 1. The van der Waals surface area contributed by atoms with Crippen molar-refractivity contribution in [2.75, 3.05) is 37.8 Å². The number of hydrogen-bond acceptors (Lipinski definition) is 10. The fourth-order valence-corrected chi connectivity index (χ4v) is 6.55. The number of hydrogen-bond donors (Lipinski definition) is 3. The van der Waals surface area contributed by atoms with Gasteiger partial charge in [0.05, 0.1) is 22.7 Å². The second-order valence-electron chi connectivity index (χ2n) is 11.6. The lowest BCUT2D eigenvalue weighted by Gasteiger charge is -2.30. The van der Waals surface area contributed by atoms with Crippen molar-refractivity contribution in [3.63, 3.8) is 0 Å². The molecule has 2 aromatic rings. The Balaban J connectivity index is 1.47. The highest BCUT2D eigenvalue weighted by molar-refractivity contribution is 7.92. The van der Waals surface area contributed by atoms with Gasteiger partial charge >= 0.3 is 6.18 Å². The third kappa shape index (κ3) is 6.60. The van der Waals surface area contributed by atoms with Crippen LogP contribution >= 0.6 is 0 Å². The topological polar surface area (TPSA) is 112 Å². The van der Waals surface area contributed by atoms with Crippen molar-refractivity contribution >= 4 is 27.3 Å². The van der Waals surface area contributed by atoms with Crippen LogP contribution in [0.15, 0.2) is 30.2 Å². The van der Waals surface area contributed by atoms with E-state index in [1.807, 2.05) is 19.1 Å². The van der Waals surface area contributed by atoms with Crippen molar-refractivity contribution in [1.29, 1.82) is 0 Å². The first kappa shape index (κ1) is 30.4. The van der Waals surface area contributed by atoms with Gasteiger partial charge < -0.3 is 25.3 Å². The Morgan fingerprint density at radius 1 is 1.10 bits per heavy atom. The highest BCUT2D eigenvalue weighted by Gasteiger charge is 2.40. The van der Waals surface area contributed by atoms with Gasteiger partial charge in [0.2, 0.25) is 5.95 Å². The van der Waals surface area contributed by atoms with Crippen molar-refractivity contribution in [3.8, 4) is 5.75 Å². The minimum Gasteiger partial charge on any atom is -0.488 e. The average molecular weight is 610 g/mol. The van der Waals surface area contributed by atoms with Gasteiger partial charge in [0, 0.05) is 19.4 Å². The maximum Gasteiger partial charge on any atom is 0.421 e. The summed E-state index contributed by atoms with van der Waals surface area (Å²) in [5, 5.41) is 5.07. The molecule has 1 saturated heterocycles. The highest BCUT2D eigenvalue weighted by atomic mass is 32.2. The third-order valence-corrected chi connectivity index (χ3v) is 10.2. The molecule has 1 aliphatic carbocycles. The molecule has 2 fully saturated rings. The number of halogens is 3. The molecule has 3 heterocycles. The van der Waals surface area contributed by atoms with Crippen LogP contribution < -0.4 is 20.8 Å². The largest absolute Gasteiger partial charge is 0.488 e. The van der Waals surface area contributed by atoms with Gasteiger partial charge in [0.15, 0.2) is 15.2 Å². The van der Waals surface area contributed by atoms with E-state index in [-0.39, 0.29) is 17.7 Å². The number of nitrogens with zero attached hydrogens (tertiary/aromatic N) is 4. The van der Waals surface area contributed by atoms with Crippen LogP contribution in [0.2, 0.25) is 0 Å². The molecule has 3 aliphatic rings. The van der Waals surface area contributed by atoms with E-state index in [0.29, 0.717) is 23.6 Å². The van der Waals surface area contributed by atoms with Gasteiger partial charge in [-0.05, 0) is 95.8 Å². The molecule has 0 bridgehead atoms. The van der Waals surface area contributed by atoms with E-state index in [2.05, 4.69) is 38.0 Å². The van der Waals surface area contributed by atoms with Crippen LogP contribution in [0.4, 0.5) is 30.6 Å². The van der Waals surface area contributed by atoms with Gasteiger partial charge in [-0.15, -0.1) is 0 Å². The highest BCUT2D eigenvalue weighted by Crippen LogP contribution is 2.41. The average Bonchev–Trinajstić information content (AvgIpc) is 3.64. The van der Waals surface area contributed by atoms with Crippen molar-refractivity contribution in [1.82, 2.24) is 25.3 Å². The fourth-order valence-electron chi connectivity index (χ4n) is 5.21. The summed E-state index contributed by atoms with van der Waals surface area (Å²) in [6.45, 7) is 7.08. The van der Waals surface area contributed by atoms with E-state index in [0.717, 1.165) is 44.3 Å². The van der Waals surface area contributed by atoms with E-state index < -0.39 is 38.0 Å². The molecule has 0 amide bonds. The molecule has 1 saturated carbocycles. The summed E-state index contributed by atoms with van der Waals surface area (Å²) in [6, 6.07) is 3.98. The number of hydrazine groups is 1. The van der Waals surface area contributed by atoms with Gasteiger partial charge in [-0.2, -0.15) is 18.2 Å². The predicted octanol–water partition coefficient (Wildman–Crippen LogP) is 4.75. The van der Waals surface area contributed by atoms with Crippen LogP contribution in [0.3, 0.4) is 0 Å². The fraction of sp³-hybridized carbons (Fsp3) is 0.571. The monoisotopic (exact) mass is 609 g/mol. The number of rotatable bonds is 9. The number of alkyl halides is 3. The van der Waals surface area contributed by atoms with Crippen LogP contribution in [-0.2, 0) is 16.0 Å². The van der Waals surface area contributed by atoms with Crippen LogP contribution in [0.1, 0.15) is 62.1 Å². The maximum atomic E-state index is 14.0. The zero-order chi connectivity index (χ0) is 30.4. The number of nitrogens with one attached hydrogen (secondary N) is 3. The number of aromatic nitrogens is 2. The normalized spacial score (nSPS) is 20.6. The summed E-state index contributed by atoms with van der Waals surface area (Å²) in [5.41, 5.74) is 4.49. The second kappa shape index (κ2) is 11.5. The third-order valence-electron chi connectivity index (χ3n) is 7.87. The Bertz CT molecular complexity index is 1450. The molecular formula is C28H38F3N7O3S. The number of anilines is 3. The summed E-state index contributed by atoms with van der Waals surface area (Å²) in [6.07, 6.45) is 1.37. The number of aryl methyl sites for hydroxylation is 1. The molecule has 14 heteroatoms. The van der Waals surface area contributed by atoms with Crippen LogP contribution in [0.25, 0.3) is 0 Å². The molecule has 3 N–H and O–H groups in total. The van der Waals surface area contributed by atoms with Gasteiger partial charge in [-0.25, -0.2) is 18.8 Å².